The van der Waals surface area contributed by atoms with E-state index in [2.05, 4.69) is 0 Å². The van der Waals surface area contributed by atoms with Gasteiger partial charge in [-0.1, -0.05) is 29.3 Å². The maximum atomic E-state index is 13.2. The lowest BCUT2D eigenvalue weighted by Gasteiger charge is -2.36. The monoisotopic (exact) mass is 399 g/mol. The van der Waals surface area contributed by atoms with Crippen LogP contribution in [0.3, 0.4) is 0 Å². The van der Waals surface area contributed by atoms with Crippen molar-refractivity contribution in [3.63, 3.8) is 0 Å². The Hall–Kier alpha value is -1.73. The normalized spacial score (nSPS) is 17.0. The summed E-state index contributed by atoms with van der Waals surface area (Å²) < 4.78 is 38.3. The molecule has 3 rings (SSSR count). The summed E-state index contributed by atoms with van der Waals surface area (Å²) in [7, 11) is -1.09. The molecule has 0 aliphatic carbocycles. The molecule has 5 nitrogen and oxygen atoms in total. The van der Waals surface area contributed by atoms with E-state index in [4.69, 9.17) is 32.7 Å². The third kappa shape index (κ3) is 3.22. The Morgan fingerprint density at radius 1 is 1.00 bits per heavy atom. The highest BCUT2D eigenvalue weighted by Gasteiger charge is 2.39. The maximum absolute atomic E-state index is 13.2. The Balaban J connectivity index is 2.17. The minimum absolute atomic E-state index is 0.0827. The van der Waals surface area contributed by atoms with Gasteiger partial charge in [-0.3, -0.25) is 0 Å². The van der Waals surface area contributed by atoms with Crippen molar-refractivity contribution < 1.29 is 17.9 Å². The summed E-state index contributed by atoms with van der Waals surface area (Å²) in [5.74, 6) is 0.136. The van der Waals surface area contributed by atoms with Crippen molar-refractivity contribution in [1.82, 2.24) is 4.31 Å². The molecule has 0 N–H and O–H groups in total. The molecule has 0 bridgehead atoms. The Kier molecular flexibility index (Phi) is 4.97. The first kappa shape index (κ1) is 18.1. The van der Waals surface area contributed by atoms with Gasteiger partial charge in [0.1, 0.15) is 0 Å². The first-order valence-electron chi connectivity index (χ1n) is 7.26. The quantitative estimate of drug-likeness (QED) is 0.769. The lowest BCUT2D eigenvalue weighted by Crippen LogP contribution is -2.38. The number of rotatable bonds is 4. The number of hydrogen-bond acceptors (Lipinski definition) is 4. The SMILES string of the molecule is COC1=Cc2cc(Cl)ccc2[C@H](OC)N1S(=O)(=O)c1ccc(Cl)cc1. The molecule has 0 saturated heterocycles. The second-order valence-electron chi connectivity index (χ2n) is 5.30. The number of nitrogens with zero attached hydrogens (tertiary/aromatic N) is 1. The summed E-state index contributed by atoms with van der Waals surface area (Å²) in [6.45, 7) is 0. The number of methoxy groups -OCH3 is 2. The zero-order chi connectivity index (χ0) is 18.2. The molecule has 0 amide bonds. The van der Waals surface area contributed by atoms with E-state index in [1.54, 1.807) is 24.3 Å². The fourth-order valence-corrected chi connectivity index (χ4v) is 4.50. The van der Waals surface area contributed by atoms with E-state index in [0.717, 1.165) is 9.87 Å². The van der Waals surface area contributed by atoms with Gasteiger partial charge in [0.25, 0.3) is 10.0 Å². The minimum Gasteiger partial charge on any atom is -0.482 e. The van der Waals surface area contributed by atoms with Gasteiger partial charge in [-0.25, -0.2) is 12.7 Å². The fraction of sp³-hybridized carbons (Fsp3) is 0.176. The second-order valence-corrected chi connectivity index (χ2v) is 7.99. The van der Waals surface area contributed by atoms with E-state index in [0.29, 0.717) is 15.6 Å². The first-order chi connectivity index (χ1) is 11.9. The van der Waals surface area contributed by atoms with Crippen LogP contribution in [-0.4, -0.2) is 26.9 Å². The molecule has 132 valence electrons. The fourth-order valence-electron chi connectivity index (χ4n) is 2.67. The molecular weight excluding hydrogens is 385 g/mol. The average molecular weight is 400 g/mol. The van der Waals surface area contributed by atoms with E-state index >= 15 is 0 Å². The van der Waals surface area contributed by atoms with Gasteiger partial charge in [-0.2, -0.15) is 0 Å². The highest BCUT2D eigenvalue weighted by Crippen LogP contribution is 2.40. The summed E-state index contributed by atoms with van der Waals surface area (Å²) in [5, 5.41) is 0.984. The molecule has 2 aromatic rings. The van der Waals surface area contributed by atoms with E-state index in [1.807, 2.05) is 0 Å². The van der Waals surface area contributed by atoms with Gasteiger partial charge >= 0.3 is 0 Å². The smallest absolute Gasteiger partial charge is 0.269 e. The van der Waals surface area contributed by atoms with Crippen LogP contribution in [0.25, 0.3) is 6.08 Å². The van der Waals surface area contributed by atoms with E-state index < -0.39 is 16.3 Å². The first-order valence-corrected chi connectivity index (χ1v) is 9.46. The van der Waals surface area contributed by atoms with Gasteiger partial charge in [0.15, 0.2) is 6.23 Å². The minimum atomic E-state index is -3.93. The van der Waals surface area contributed by atoms with Crippen LogP contribution in [-0.2, 0) is 19.5 Å². The molecule has 0 unspecified atom stereocenters. The van der Waals surface area contributed by atoms with Crippen molar-refractivity contribution in [3.05, 3.63) is 69.5 Å². The predicted octanol–water partition coefficient (Wildman–Crippen LogP) is 4.29. The molecule has 0 fully saturated rings. The van der Waals surface area contributed by atoms with E-state index in [-0.39, 0.29) is 10.8 Å². The van der Waals surface area contributed by atoms with E-state index in [9.17, 15) is 8.42 Å². The average Bonchev–Trinajstić information content (AvgIpc) is 2.59. The number of ether oxygens (including phenoxy) is 2. The summed E-state index contributed by atoms with van der Waals surface area (Å²) in [6, 6.07) is 11.1. The highest BCUT2D eigenvalue weighted by molar-refractivity contribution is 7.89. The molecule has 2 aromatic carbocycles. The van der Waals surface area contributed by atoms with Gasteiger partial charge in [-0.15, -0.1) is 0 Å². The Morgan fingerprint density at radius 2 is 1.64 bits per heavy atom. The molecular formula is C17H15Cl2NO4S. The molecule has 0 radical (unpaired) electrons. The third-order valence-corrected chi connectivity index (χ3v) is 6.07. The molecule has 1 aliphatic rings. The van der Waals surface area contributed by atoms with Crippen LogP contribution in [0.5, 0.6) is 0 Å². The summed E-state index contributed by atoms with van der Waals surface area (Å²) in [6.07, 6.45) is 0.734. The zero-order valence-electron chi connectivity index (χ0n) is 13.4. The number of benzene rings is 2. The van der Waals surface area contributed by atoms with Crippen LogP contribution in [0.15, 0.2) is 53.2 Å². The van der Waals surface area contributed by atoms with E-state index in [1.165, 1.54) is 38.5 Å². The van der Waals surface area contributed by atoms with Crippen molar-refractivity contribution in [2.24, 2.45) is 0 Å². The number of halogens is 2. The summed E-state index contributed by atoms with van der Waals surface area (Å²) in [4.78, 5) is 0.0827. The topological polar surface area (TPSA) is 55.8 Å². The molecule has 0 aromatic heterocycles. The van der Waals surface area contributed by atoms with Crippen LogP contribution in [0.1, 0.15) is 17.4 Å². The van der Waals surface area contributed by atoms with Crippen LogP contribution >= 0.6 is 23.2 Å². The number of sulfonamides is 1. The van der Waals surface area contributed by atoms with Crippen molar-refractivity contribution >= 4 is 39.3 Å². The molecule has 1 aliphatic heterocycles. The number of hydrogen-bond donors (Lipinski definition) is 0. The Labute approximate surface area is 156 Å². The van der Waals surface area contributed by atoms with Crippen molar-refractivity contribution in [2.75, 3.05) is 14.2 Å². The lowest BCUT2D eigenvalue weighted by molar-refractivity contribution is 0.000798. The van der Waals surface area contributed by atoms with Crippen molar-refractivity contribution in [1.29, 1.82) is 0 Å². The maximum Gasteiger partial charge on any atom is 0.269 e. The van der Waals surface area contributed by atoms with Crippen molar-refractivity contribution in [2.45, 2.75) is 11.1 Å². The van der Waals surface area contributed by atoms with Gasteiger partial charge in [0, 0.05) is 28.8 Å². The second kappa shape index (κ2) is 6.88. The van der Waals surface area contributed by atoms with Crippen molar-refractivity contribution in [3.8, 4) is 0 Å². The zero-order valence-corrected chi connectivity index (χ0v) is 15.8. The highest BCUT2D eigenvalue weighted by atomic mass is 35.5. The Morgan fingerprint density at radius 3 is 2.24 bits per heavy atom. The summed E-state index contributed by atoms with van der Waals surface area (Å²) >= 11 is 11.9. The van der Waals surface area contributed by atoms with Crippen LogP contribution in [0, 0.1) is 0 Å². The molecule has 25 heavy (non-hydrogen) atoms. The molecule has 1 heterocycles. The third-order valence-electron chi connectivity index (χ3n) is 3.83. The van der Waals surface area contributed by atoms with Crippen LogP contribution in [0.2, 0.25) is 10.0 Å². The molecule has 0 spiro atoms. The molecule has 8 heteroatoms. The predicted molar refractivity (Wildman–Crippen MR) is 96.7 cm³/mol. The largest absolute Gasteiger partial charge is 0.482 e. The van der Waals surface area contributed by atoms with Gasteiger partial charge < -0.3 is 9.47 Å². The van der Waals surface area contributed by atoms with Gasteiger partial charge in [-0.05, 0) is 42.0 Å². The van der Waals surface area contributed by atoms with Crippen LogP contribution < -0.4 is 0 Å². The van der Waals surface area contributed by atoms with Crippen LogP contribution in [0.4, 0.5) is 0 Å². The molecule has 0 saturated carbocycles. The Bertz CT molecular complexity index is 926. The summed E-state index contributed by atoms with van der Waals surface area (Å²) in [5.41, 5.74) is 1.41. The molecule has 1 atom stereocenters. The standard InChI is InChI=1S/C17H15Cl2NO4S/c1-23-16-10-11-9-13(19)5-8-15(11)17(24-2)20(16)25(21,22)14-6-3-12(18)4-7-14/h3-10,17H,1-2H3/t17-/m0/s1. The number of fused-ring (bicyclic) bond motifs is 1. The lowest BCUT2D eigenvalue weighted by atomic mass is 10.0. The van der Waals surface area contributed by atoms with Gasteiger partial charge in [0.2, 0.25) is 5.88 Å². The van der Waals surface area contributed by atoms with Gasteiger partial charge in [0.05, 0.1) is 12.0 Å².